The Morgan fingerprint density at radius 3 is 2.45 bits per heavy atom. The van der Waals surface area contributed by atoms with Gasteiger partial charge in [0.05, 0.1) is 19.9 Å². The minimum absolute atomic E-state index is 0.0472. The van der Waals surface area contributed by atoms with Crippen LogP contribution < -0.4 is 23.8 Å². The topological polar surface area (TPSA) is 60.5 Å². The number of amides is 1. The maximum absolute atomic E-state index is 12.5. The van der Waals surface area contributed by atoms with Gasteiger partial charge in [0.2, 0.25) is 12.7 Å². The highest BCUT2D eigenvalue weighted by Crippen LogP contribution is 2.54. The first kappa shape index (κ1) is 19.4. The van der Waals surface area contributed by atoms with Crippen molar-refractivity contribution in [1.82, 2.24) is 4.90 Å². The van der Waals surface area contributed by atoms with Crippen molar-refractivity contribution in [2.24, 2.45) is 0 Å². The van der Waals surface area contributed by atoms with Crippen LogP contribution in [0.1, 0.15) is 18.7 Å². The highest BCUT2D eigenvalue weighted by atomic mass is 16.7. The average Bonchev–Trinajstić information content (AvgIpc) is 3.23. The van der Waals surface area contributed by atoms with Crippen LogP contribution in [0.2, 0.25) is 0 Å². The van der Waals surface area contributed by atoms with Crippen molar-refractivity contribution >= 4 is 22.4 Å². The maximum Gasteiger partial charge on any atom is 0.231 e. The summed E-state index contributed by atoms with van der Waals surface area (Å²) in [5, 5.41) is 2.08. The SMILES string of the molecule is COc1ccc2c(c1OC)C(N(C)C(C)=O)N(C)c1c-2ccc2cc3c(cc12)OCO3. The van der Waals surface area contributed by atoms with E-state index in [9.17, 15) is 4.79 Å². The number of benzene rings is 3. The molecule has 2 aliphatic rings. The van der Waals surface area contributed by atoms with E-state index in [2.05, 4.69) is 17.0 Å². The molecule has 1 unspecified atom stereocenters. The van der Waals surface area contributed by atoms with E-state index < -0.39 is 0 Å². The van der Waals surface area contributed by atoms with Crippen molar-refractivity contribution in [1.29, 1.82) is 0 Å². The number of carbonyl (C=O) groups is 1. The van der Waals surface area contributed by atoms with E-state index in [0.29, 0.717) is 11.5 Å². The molecule has 0 fully saturated rings. The van der Waals surface area contributed by atoms with Crippen LogP contribution in [0.3, 0.4) is 0 Å². The summed E-state index contributed by atoms with van der Waals surface area (Å²) in [4.78, 5) is 16.3. The molecule has 0 aromatic heterocycles. The number of carbonyl (C=O) groups excluding carboxylic acids is 1. The number of hydrogen-bond donors (Lipinski definition) is 0. The van der Waals surface area contributed by atoms with Gasteiger partial charge in [-0.05, 0) is 35.2 Å². The van der Waals surface area contributed by atoms with Gasteiger partial charge < -0.3 is 28.7 Å². The molecule has 0 N–H and O–H groups in total. The normalized spacial score (nSPS) is 16.0. The lowest BCUT2D eigenvalue weighted by molar-refractivity contribution is -0.129. The summed E-state index contributed by atoms with van der Waals surface area (Å²) in [6.45, 7) is 1.79. The van der Waals surface area contributed by atoms with Gasteiger partial charge in [-0.2, -0.15) is 0 Å². The molecule has 0 saturated carbocycles. The van der Waals surface area contributed by atoms with Gasteiger partial charge in [0.15, 0.2) is 23.0 Å². The molecule has 2 aliphatic heterocycles. The lowest BCUT2D eigenvalue weighted by atomic mass is 9.87. The highest BCUT2D eigenvalue weighted by Gasteiger charge is 2.37. The smallest absolute Gasteiger partial charge is 0.231 e. The standard InChI is InChI=1S/C24H24N2O5/c1-13(27)25(2)24-21-15(8-9-18(28-4)23(21)29-5)16-7-6-14-10-19-20(31-12-30-19)11-17(14)22(16)26(24)3/h6-11,24H,12H2,1-5H3. The van der Waals surface area contributed by atoms with Crippen LogP contribution in [-0.4, -0.2) is 45.9 Å². The second kappa shape index (κ2) is 6.97. The Bertz CT molecular complexity index is 1220. The molecule has 0 saturated heterocycles. The summed E-state index contributed by atoms with van der Waals surface area (Å²) in [5.41, 5.74) is 3.98. The van der Waals surface area contributed by atoms with Gasteiger partial charge in [-0.1, -0.05) is 12.1 Å². The summed E-state index contributed by atoms with van der Waals surface area (Å²) in [5.74, 6) is 2.68. The quantitative estimate of drug-likeness (QED) is 0.634. The fourth-order valence-electron chi connectivity index (χ4n) is 4.68. The molecule has 31 heavy (non-hydrogen) atoms. The zero-order valence-electron chi connectivity index (χ0n) is 18.2. The van der Waals surface area contributed by atoms with Crippen molar-refractivity contribution in [3.8, 4) is 34.1 Å². The third-order valence-electron chi connectivity index (χ3n) is 6.20. The summed E-state index contributed by atoms with van der Waals surface area (Å²) < 4.78 is 22.5. The predicted octanol–water partition coefficient (Wildman–Crippen LogP) is 4.18. The fraction of sp³-hybridized carbons (Fsp3) is 0.292. The van der Waals surface area contributed by atoms with Crippen molar-refractivity contribution in [3.63, 3.8) is 0 Å². The third-order valence-corrected chi connectivity index (χ3v) is 6.20. The van der Waals surface area contributed by atoms with Gasteiger partial charge in [-0.15, -0.1) is 0 Å². The minimum atomic E-state index is -0.374. The molecule has 160 valence electrons. The average molecular weight is 420 g/mol. The Balaban J connectivity index is 1.86. The number of nitrogens with zero attached hydrogens (tertiary/aromatic N) is 2. The molecule has 1 atom stereocenters. The molecule has 7 nitrogen and oxygen atoms in total. The van der Waals surface area contributed by atoms with E-state index >= 15 is 0 Å². The number of fused-ring (bicyclic) bond motifs is 6. The largest absolute Gasteiger partial charge is 0.493 e. The predicted molar refractivity (Wildman–Crippen MR) is 118 cm³/mol. The van der Waals surface area contributed by atoms with E-state index in [0.717, 1.165) is 44.6 Å². The number of ether oxygens (including phenoxy) is 4. The van der Waals surface area contributed by atoms with Crippen LogP contribution in [-0.2, 0) is 4.79 Å². The minimum Gasteiger partial charge on any atom is -0.493 e. The number of anilines is 1. The molecule has 0 spiro atoms. The number of rotatable bonds is 3. The van der Waals surface area contributed by atoms with E-state index in [-0.39, 0.29) is 18.9 Å². The maximum atomic E-state index is 12.5. The first-order chi connectivity index (χ1) is 15.0. The zero-order valence-corrected chi connectivity index (χ0v) is 18.2. The molecule has 3 aromatic carbocycles. The molecule has 0 bridgehead atoms. The molecule has 2 heterocycles. The Hall–Kier alpha value is -3.61. The van der Waals surface area contributed by atoms with Crippen molar-refractivity contribution in [2.45, 2.75) is 13.1 Å². The van der Waals surface area contributed by atoms with Gasteiger partial charge in [-0.25, -0.2) is 0 Å². The van der Waals surface area contributed by atoms with Crippen molar-refractivity contribution in [2.75, 3.05) is 40.0 Å². The van der Waals surface area contributed by atoms with E-state index in [4.69, 9.17) is 18.9 Å². The van der Waals surface area contributed by atoms with Gasteiger partial charge in [0.25, 0.3) is 0 Å². The van der Waals surface area contributed by atoms with Crippen LogP contribution in [0, 0.1) is 0 Å². The lowest BCUT2D eigenvalue weighted by Gasteiger charge is -2.43. The monoisotopic (exact) mass is 420 g/mol. The highest BCUT2D eigenvalue weighted by molar-refractivity contribution is 6.06. The molecular formula is C24H24N2O5. The van der Waals surface area contributed by atoms with E-state index in [1.807, 2.05) is 31.3 Å². The Morgan fingerprint density at radius 2 is 1.77 bits per heavy atom. The first-order valence-electron chi connectivity index (χ1n) is 10.0. The molecule has 0 aliphatic carbocycles. The van der Waals surface area contributed by atoms with Gasteiger partial charge in [0.1, 0.15) is 6.17 Å². The summed E-state index contributed by atoms with van der Waals surface area (Å²) in [6, 6.07) is 12.1. The summed E-state index contributed by atoms with van der Waals surface area (Å²) >= 11 is 0. The van der Waals surface area contributed by atoms with Crippen LogP contribution in [0.5, 0.6) is 23.0 Å². The lowest BCUT2D eigenvalue weighted by Crippen LogP contribution is -2.42. The summed E-state index contributed by atoms with van der Waals surface area (Å²) in [7, 11) is 7.04. The molecular weight excluding hydrogens is 396 g/mol. The molecule has 7 heteroatoms. The van der Waals surface area contributed by atoms with E-state index in [1.54, 1.807) is 33.1 Å². The van der Waals surface area contributed by atoms with Crippen LogP contribution in [0.4, 0.5) is 5.69 Å². The molecule has 0 radical (unpaired) electrons. The number of methoxy groups -OCH3 is 2. The Morgan fingerprint density at radius 1 is 1.06 bits per heavy atom. The van der Waals surface area contributed by atoms with Gasteiger partial charge >= 0.3 is 0 Å². The third kappa shape index (κ3) is 2.69. The van der Waals surface area contributed by atoms with Crippen LogP contribution in [0.15, 0.2) is 36.4 Å². The first-order valence-corrected chi connectivity index (χ1v) is 10.0. The molecule has 5 rings (SSSR count). The van der Waals surface area contributed by atoms with E-state index in [1.165, 1.54) is 0 Å². The molecule has 1 amide bonds. The van der Waals surface area contributed by atoms with Crippen LogP contribution in [0.25, 0.3) is 21.9 Å². The van der Waals surface area contributed by atoms with Gasteiger partial charge in [-0.3, -0.25) is 4.79 Å². The Kier molecular flexibility index (Phi) is 4.36. The van der Waals surface area contributed by atoms with Crippen molar-refractivity contribution < 1.29 is 23.7 Å². The second-order valence-electron chi connectivity index (χ2n) is 7.77. The number of hydrogen-bond acceptors (Lipinski definition) is 6. The van der Waals surface area contributed by atoms with Crippen LogP contribution >= 0.6 is 0 Å². The fourth-order valence-corrected chi connectivity index (χ4v) is 4.68. The van der Waals surface area contributed by atoms with Crippen molar-refractivity contribution in [3.05, 3.63) is 42.0 Å². The Labute approximate surface area is 180 Å². The zero-order chi connectivity index (χ0) is 21.9. The van der Waals surface area contributed by atoms with Gasteiger partial charge in [0, 0.05) is 37.5 Å². The molecule has 3 aromatic rings. The second-order valence-corrected chi connectivity index (χ2v) is 7.77. The summed E-state index contributed by atoms with van der Waals surface area (Å²) in [6.07, 6.45) is -0.374.